The smallest absolute Gasteiger partial charge is 0.255 e. The Morgan fingerprint density at radius 1 is 1.23 bits per heavy atom. The number of carbonyl (C=O) groups is 1. The molecule has 3 aliphatic rings. The van der Waals surface area contributed by atoms with Gasteiger partial charge in [0.2, 0.25) is 0 Å². The van der Waals surface area contributed by atoms with Crippen LogP contribution >= 0.6 is 11.8 Å². The lowest BCUT2D eigenvalue weighted by atomic mass is 9.71. The van der Waals surface area contributed by atoms with Gasteiger partial charge in [-0.15, -0.1) is 11.8 Å². The second kappa shape index (κ2) is 8.18. The number of allylic oxidation sites excluding steroid dienone is 2. The molecule has 4 rings (SSSR count). The first-order chi connectivity index (χ1) is 12.8. The van der Waals surface area contributed by atoms with Crippen molar-refractivity contribution in [3.63, 3.8) is 0 Å². The Bertz CT molecular complexity index is 668. The van der Waals surface area contributed by atoms with Gasteiger partial charge in [-0.2, -0.15) is 0 Å². The molecule has 1 amide bonds. The van der Waals surface area contributed by atoms with Crippen LogP contribution in [0.5, 0.6) is 0 Å². The monoisotopic (exact) mass is 371 g/mol. The number of likely N-dealkylation sites (tertiary alicyclic amines) is 1. The zero-order chi connectivity index (χ0) is 17.8. The van der Waals surface area contributed by atoms with Crippen LogP contribution in [0.25, 0.3) is 0 Å². The zero-order valence-corrected chi connectivity index (χ0v) is 16.3. The highest BCUT2D eigenvalue weighted by Crippen LogP contribution is 2.41. The quantitative estimate of drug-likeness (QED) is 0.556. The molecule has 3 nitrogen and oxygen atoms in total. The van der Waals surface area contributed by atoms with Crippen molar-refractivity contribution < 1.29 is 9.53 Å². The van der Waals surface area contributed by atoms with E-state index in [1.807, 2.05) is 18.2 Å². The van der Waals surface area contributed by atoms with E-state index in [2.05, 4.69) is 23.1 Å². The number of hydrogen-bond acceptors (Lipinski definition) is 3. The first kappa shape index (κ1) is 18.1. The van der Waals surface area contributed by atoms with Crippen molar-refractivity contribution in [2.45, 2.75) is 55.9 Å². The van der Waals surface area contributed by atoms with Crippen LogP contribution in [0.4, 0.5) is 0 Å². The van der Waals surface area contributed by atoms with Crippen molar-refractivity contribution >= 4 is 17.7 Å². The lowest BCUT2D eigenvalue weighted by Crippen LogP contribution is -2.46. The molecule has 0 N–H and O–H groups in total. The summed E-state index contributed by atoms with van der Waals surface area (Å²) < 4.78 is 5.74. The summed E-state index contributed by atoms with van der Waals surface area (Å²) in [6, 6.07) is 8.13. The molecule has 140 valence electrons. The van der Waals surface area contributed by atoms with E-state index in [4.69, 9.17) is 4.74 Å². The van der Waals surface area contributed by atoms with Crippen LogP contribution in [0.3, 0.4) is 0 Å². The summed E-state index contributed by atoms with van der Waals surface area (Å²) in [5.74, 6) is 1.16. The van der Waals surface area contributed by atoms with Gasteiger partial charge in [-0.25, -0.2) is 0 Å². The summed E-state index contributed by atoms with van der Waals surface area (Å²) in [6.45, 7) is 2.70. The van der Waals surface area contributed by atoms with Crippen molar-refractivity contribution in [3.8, 4) is 0 Å². The van der Waals surface area contributed by atoms with E-state index in [1.165, 1.54) is 12.8 Å². The first-order valence-corrected chi connectivity index (χ1v) is 11.0. The van der Waals surface area contributed by atoms with E-state index in [0.29, 0.717) is 11.5 Å². The Kier molecular flexibility index (Phi) is 5.70. The standard InChI is InChI=1S/C22H29NO2S/c24-21(23-14-7-13-22(17-23)11-4-1-5-12-22)19-9-2-3-10-20(19)26-16-18-8-6-15-25-18/h1-4,9-10,18H,5-8,11-17H2. The highest BCUT2D eigenvalue weighted by Gasteiger charge is 2.37. The third kappa shape index (κ3) is 4.01. The molecule has 2 aliphatic heterocycles. The molecule has 2 saturated heterocycles. The first-order valence-electron chi connectivity index (χ1n) is 10.0. The average Bonchev–Trinajstić information content (AvgIpc) is 3.20. The van der Waals surface area contributed by atoms with Gasteiger partial charge >= 0.3 is 0 Å². The number of hydrogen-bond donors (Lipinski definition) is 0. The van der Waals surface area contributed by atoms with Crippen molar-refractivity contribution in [3.05, 3.63) is 42.0 Å². The maximum atomic E-state index is 13.3. The van der Waals surface area contributed by atoms with Gasteiger partial charge in [0.05, 0.1) is 11.7 Å². The lowest BCUT2D eigenvalue weighted by Gasteiger charge is -2.44. The molecule has 0 radical (unpaired) electrons. The van der Waals surface area contributed by atoms with E-state index in [-0.39, 0.29) is 5.91 Å². The second-order valence-corrected chi connectivity index (χ2v) is 9.05. The van der Waals surface area contributed by atoms with E-state index < -0.39 is 0 Å². The molecular weight excluding hydrogens is 342 g/mol. The van der Waals surface area contributed by atoms with Crippen molar-refractivity contribution in [1.82, 2.24) is 4.90 Å². The molecule has 0 aromatic heterocycles. The predicted molar refractivity (Wildman–Crippen MR) is 107 cm³/mol. The molecule has 1 aromatic carbocycles. The predicted octanol–water partition coefficient (Wildman–Crippen LogP) is 4.92. The number of amides is 1. The molecule has 4 heteroatoms. The topological polar surface area (TPSA) is 29.5 Å². The van der Waals surface area contributed by atoms with Gasteiger partial charge in [0, 0.05) is 30.3 Å². The maximum absolute atomic E-state index is 13.3. The highest BCUT2D eigenvalue weighted by molar-refractivity contribution is 7.99. The summed E-state index contributed by atoms with van der Waals surface area (Å²) in [6.07, 6.45) is 13.2. The van der Waals surface area contributed by atoms with Gasteiger partial charge in [0.25, 0.3) is 5.91 Å². The maximum Gasteiger partial charge on any atom is 0.255 e. The Labute approximate surface area is 161 Å². The van der Waals surface area contributed by atoms with Gasteiger partial charge in [0.15, 0.2) is 0 Å². The van der Waals surface area contributed by atoms with Crippen LogP contribution in [0.2, 0.25) is 0 Å². The van der Waals surface area contributed by atoms with Crippen LogP contribution in [-0.2, 0) is 4.74 Å². The molecule has 26 heavy (non-hydrogen) atoms. The van der Waals surface area contributed by atoms with E-state index in [0.717, 1.165) is 68.0 Å². The molecule has 0 bridgehead atoms. The summed E-state index contributed by atoms with van der Waals surface area (Å²) >= 11 is 1.78. The van der Waals surface area contributed by atoms with Gasteiger partial charge in [-0.3, -0.25) is 4.79 Å². The van der Waals surface area contributed by atoms with Crippen LogP contribution in [-0.4, -0.2) is 42.4 Å². The van der Waals surface area contributed by atoms with Crippen LogP contribution in [0.15, 0.2) is 41.3 Å². The summed E-state index contributed by atoms with van der Waals surface area (Å²) in [7, 11) is 0. The van der Waals surface area contributed by atoms with Gasteiger partial charge < -0.3 is 9.64 Å². The van der Waals surface area contributed by atoms with E-state index in [1.54, 1.807) is 11.8 Å². The Hall–Kier alpha value is -1.26. The minimum absolute atomic E-state index is 0.217. The second-order valence-electron chi connectivity index (χ2n) is 7.99. The van der Waals surface area contributed by atoms with E-state index in [9.17, 15) is 4.79 Å². The molecule has 2 fully saturated rings. The number of thioether (sulfide) groups is 1. The van der Waals surface area contributed by atoms with Gasteiger partial charge in [0.1, 0.15) is 0 Å². The SMILES string of the molecule is O=C(c1ccccc1SCC1CCCO1)N1CCCC2(CC=CCC2)C1. The largest absolute Gasteiger partial charge is 0.377 e. The normalized spacial score (nSPS) is 28.6. The third-order valence-corrected chi connectivity index (χ3v) is 7.28. The Morgan fingerprint density at radius 3 is 2.96 bits per heavy atom. The van der Waals surface area contributed by atoms with Gasteiger partial charge in [-0.05, 0) is 62.5 Å². The summed E-state index contributed by atoms with van der Waals surface area (Å²) in [5.41, 5.74) is 1.20. The molecular formula is C22H29NO2S. The molecule has 1 aromatic rings. The summed E-state index contributed by atoms with van der Waals surface area (Å²) in [5, 5.41) is 0. The molecule has 2 heterocycles. The highest BCUT2D eigenvalue weighted by atomic mass is 32.2. The fraction of sp³-hybridized carbons (Fsp3) is 0.591. The van der Waals surface area contributed by atoms with E-state index >= 15 is 0 Å². The number of rotatable bonds is 4. The number of benzene rings is 1. The fourth-order valence-electron chi connectivity index (χ4n) is 4.59. The number of nitrogens with zero attached hydrogens (tertiary/aromatic N) is 1. The average molecular weight is 372 g/mol. The summed E-state index contributed by atoms with van der Waals surface area (Å²) in [4.78, 5) is 16.5. The minimum Gasteiger partial charge on any atom is -0.377 e. The molecule has 1 spiro atoms. The van der Waals surface area contributed by atoms with Crippen molar-refractivity contribution in [2.75, 3.05) is 25.4 Å². The Balaban J connectivity index is 1.46. The Morgan fingerprint density at radius 2 is 2.15 bits per heavy atom. The molecule has 2 atom stereocenters. The molecule has 0 saturated carbocycles. The van der Waals surface area contributed by atoms with Crippen molar-refractivity contribution in [2.24, 2.45) is 5.41 Å². The van der Waals surface area contributed by atoms with Crippen LogP contribution < -0.4 is 0 Å². The van der Waals surface area contributed by atoms with Crippen molar-refractivity contribution in [1.29, 1.82) is 0 Å². The number of ether oxygens (including phenoxy) is 1. The lowest BCUT2D eigenvalue weighted by molar-refractivity contribution is 0.0481. The molecule has 2 unspecified atom stereocenters. The fourth-order valence-corrected chi connectivity index (χ4v) is 5.71. The minimum atomic E-state index is 0.217. The van der Waals surface area contributed by atoms with Crippen LogP contribution in [0, 0.1) is 5.41 Å². The number of piperidine rings is 1. The third-order valence-electron chi connectivity index (χ3n) is 6.07. The van der Waals surface area contributed by atoms with Gasteiger partial charge in [-0.1, -0.05) is 24.3 Å². The molecule has 1 aliphatic carbocycles. The van der Waals surface area contributed by atoms with Crippen LogP contribution in [0.1, 0.15) is 55.3 Å². The number of carbonyl (C=O) groups excluding carboxylic acids is 1. The zero-order valence-electron chi connectivity index (χ0n) is 15.5.